The maximum Gasteiger partial charge on any atom is 0.435 e. The predicted molar refractivity (Wildman–Crippen MR) is 120 cm³/mol. The average molecular weight is 475 g/mol. The van der Waals surface area contributed by atoms with E-state index in [0.29, 0.717) is 10.9 Å². The van der Waals surface area contributed by atoms with Gasteiger partial charge in [-0.2, -0.15) is 18.3 Å². The second-order valence-corrected chi connectivity index (χ2v) is 10.2. The van der Waals surface area contributed by atoms with Crippen molar-refractivity contribution in [3.05, 3.63) is 78.6 Å². The molecule has 0 aliphatic carbocycles. The lowest BCUT2D eigenvalue weighted by molar-refractivity contribution is -0.141. The van der Waals surface area contributed by atoms with Crippen LogP contribution in [0, 0.1) is 0 Å². The molecule has 2 aromatic heterocycles. The van der Waals surface area contributed by atoms with Crippen molar-refractivity contribution in [2.75, 3.05) is 4.31 Å². The highest BCUT2D eigenvalue weighted by molar-refractivity contribution is 7.92. The van der Waals surface area contributed by atoms with E-state index in [1.54, 1.807) is 75.5 Å². The first kappa shape index (κ1) is 22.8. The molecule has 0 radical (unpaired) electrons. The fourth-order valence-corrected chi connectivity index (χ4v) is 5.44. The number of alkyl halides is 3. The molecule has 4 rings (SSSR count). The number of aromatic nitrogens is 3. The van der Waals surface area contributed by atoms with E-state index in [1.807, 2.05) is 0 Å². The van der Waals surface area contributed by atoms with Crippen LogP contribution >= 0.6 is 0 Å². The molecule has 0 atom stereocenters. The Labute approximate surface area is 189 Å². The maximum atomic E-state index is 13.7. The molecule has 6 nitrogen and oxygen atoms in total. The van der Waals surface area contributed by atoms with Gasteiger partial charge in [0.1, 0.15) is 5.82 Å². The monoisotopic (exact) mass is 474 g/mol. The Morgan fingerprint density at radius 2 is 1.61 bits per heavy atom. The molecule has 0 saturated heterocycles. The van der Waals surface area contributed by atoms with E-state index >= 15 is 0 Å². The summed E-state index contributed by atoms with van der Waals surface area (Å²) in [6.07, 6.45) is -3.21. The third-order valence-electron chi connectivity index (χ3n) is 4.93. The van der Waals surface area contributed by atoms with Crippen molar-refractivity contribution in [3.63, 3.8) is 0 Å². The molecule has 172 valence electrons. The molecule has 2 aromatic carbocycles. The van der Waals surface area contributed by atoms with Crippen LogP contribution in [0.2, 0.25) is 0 Å². The first-order valence-corrected chi connectivity index (χ1v) is 11.5. The van der Waals surface area contributed by atoms with Crippen LogP contribution in [0.15, 0.2) is 77.8 Å². The summed E-state index contributed by atoms with van der Waals surface area (Å²) in [6.45, 7) is 4.84. The number of halogens is 3. The second kappa shape index (κ2) is 7.87. The van der Waals surface area contributed by atoms with Crippen molar-refractivity contribution < 1.29 is 21.6 Å². The Morgan fingerprint density at radius 1 is 0.909 bits per heavy atom. The second-order valence-electron chi connectivity index (χ2n) is 8.40. The SMILES string of the molecule is CC(C)(C)N(c1cc(C(F)(F)F)nn1-c1cccc2ncccc12)S(=O)(=O)c1ccccc1. The van der Waals surface area contributed by atoms with Gasteiger partial charge in [0.05, 0.1) is 16.1 Å². The van der Waals surface area contributed by atoms with Gasteiger partial charge in [-0.1, -0.05) is 24.3 Å². The van der Waals surface area contributed by atoms with Gasteiger partial charge in [0.25, 0.3) is 10.0 Å². The Hall–Kier alpha value is -3.40. The lowest BCUT2D eigenvalue weighted by Crippen LogP contribution is -2.46. The summed E-state index contributed by atoms with van der Waals surface area (Å²) in [4.78, 5) is 4.21. The van der Waals surface area contributed by atoms with Crippen LogP contribution in [-0.2, 0) is 16.2 Å². The van der Waals surface area contributed by atoms with Crippen molar-refractivity contribution >= 4 is 26.7 Å². The quantitative estimate of drug-likeness (QED) is 0.395. The molecule has 10 heteroatoms. The number of fused-ring (bicyclic) bond motifs is 1. The Bertz CT molecular complexity index is 1400. The largest absolute Gasteiger partial charge is 0.435 e. The van der Waals surface area contributed by atoms with E-state index in [1.165, 1.54) is 12.1 Å². The first-order chi connectivity index (χ1) is 15.4. The van der Waals surface area contributed by atoms with E-state index in [9.17, 15) is 21.6 Å². The van der Waals surface area contributed by atoms with Gasteiger partial charge in [-0.15, -0.1) is 0 Å². The number of sulfonamides is 1. The lowest BCUT2D eigenvalue weighted by atomic mass is 10.1. The van der Waals surface area contributed by atoms with E-state index in [0.717, 1.165) is 15.1 Å². The maximum absolute atomic E-state index is 13.7. The molecule has 0 amide bonds. The van der Waals surface area contributed by atoms with E-state index in [2.05, 4.69) is 10.1 Å². The molecule has 0 fully saturated rings. The first-order valence-electron chi connectivity index (χ1n) is 10.0. The lowest BCUT2D eigenvalue weighted by Gasteiger charge is -2.36. The molecule has 0 aliphatic rings. The van der Waals surface area contributed by atoms with Crippen LogP contribution in [0.5, 0.6) is 0 Å². The summed E-state index contributed by atoms with van der Waals surface area (Å²) in [7, 11) is -4.24. The molecule has 0 spiro atoms. The topological polar surface area (TPSA) is 68.1 Å². The van der Waals surface area contributed by atoms with Crippen LogP contribution in [-0.4, -0.2) is 28.7 Å². The van der Waals surface area contributed by atoms with Gasteiger partial charge in [0, 0.05) is 23.2 Å². The summed E-state index contributed by atoms with van der Waals surface area (Å²) in [5.41, 5.74) is -1.49. The van der Waals surface area contributed by atoms with E-state index in [4.69, 9.17) is 0 Å². The molecule has 2 heterocycles. The Morgan fingerprint density at radius 3 is 2.24 bits per heavy atom. The van der Waals surface area contributed by atoms with Crippen molar-refractivity contribution in [2.24, 2.45) is 0 Å². The minimum atomic E-state index is -4.77. The van der Waals surface area contributed by atoms with Gasteiger partial charge < -0.3 is 0 Å². The molecule has 0 aliphatic heterocycles. The van der Waals surface area contributed by atoms with E-state index in [-0.39, 0.29) is 16.4 Å². The summed E-state index contributed by atoms with van der Waals surface area (Å²) < 4.78 is 70.6. The third kappa shape index (κ3) is 4.18. The average Bonchev–Trinajstić information content (AvgIpc) is 3.17. The summed E-state index contributed by atoms with van der Waals surface area (Å²) in [5, 5.41) is 4.33. The summed E-state index contributed by atoms with van der Waals surface area (Å²) in [6, 6.07) is 16.6. The van der Waals surface area contributed by atoms with Crippen molar-refractivity contribution in [1.29, 1.82) is 0 Å². The van der Waals surface area contributed by atoms with Crippen LogP contribution in [0.4, 0.5) is 19.0 Å². The Kier molecular flexibility index (Phi) is 5.44. The number of hydrogen-bond donors (Lipinski definition) is 0. The van der Waals surface area contributed by atoms with Gasteiger partial charge >= 0.3 is 6.18 Å². The minimum absolute atomic E-state index is 0.0409. The zero-order chi connectivity index (χ0) is 24.0. The minimum Gasteiger partial charge on any atom is -0.256 e. The summed E-state index contributed by atoms with van der Waals surface area (Å²) in [5.74, 6) is -0.227. The van der Waals surface area contributed by atoms with Crippen molar-refractivity contribution in [1.82, 2.24) is 14.8 Å². The van der Waals surface area contributed by atoms with E-state index < -0.39 is 27.4 Å². The van der Waals surface area contributed by atoms with Gasteiger partial charge in [-0.3, -0.25) is 4.98 Å². The zero-order valence-corrected chi connectivity index (χ0v) is 18.9. The van der Waals surface area contributed by atoms with Crippen molar-refractivity contribution in [2.45, 2.75) is 37.4 Å². The fraction of sp³-hybridized carbons (Fsp3) is 0.217. The van der Waals surface area contributed by atoms with Crippen LogP contribution < -0.4 is 4.31 Å². The number of benzene rings is 2. The molecule has 33 heavy (non-hydrogen) atoms. The molecule has 0 saturated carbocycles. The number of rotatable bonds is 4. The molecule has 0 unspecified atom stereocenters. The normalized spacial score (nSPS) is 12.8. The highest BCUT2D eigenvalue weighted by Gasteiger charge is 2.41. The fourth-order valence-electron chi connectivity index (χ4n) is 3.63. The smallest absolute Gasteiger partial charge is 0.256 e. The van der Waals surface area contributed by atoms with Gasteiger partial charge in [0.15, 0.2) is 5.69 Å². The number of nitrogens with zero attached hydrogens (tertiary/aromatic N) is 4. The molecule has 0 N–H and O–H groups in total. The zero-order valence-electron chi connectivity index (χ0n) is 18.1. The number of hydrogen-bond acceptors (Lipinski definition) is 4. The Balaban J connectivity index is 2.06. The highest BCUT2D eigenvalue weighted by Crippen LogP contribution is 2.38. The molecular formula is C23H21F3N4O2S. The van der Waals surface area contributed by atoms with Gasteiger partial charge in [-0.25, -0.2) is 17.4 Å². The van der Waals surface area contributed by atoms with Crippen LogP contribution in [0.1, 0.15) is 26.5 Å². The van der Waals surface area contributed by atoms with Crippen molar-refractivity contribution in [3.8, 4) is 5.69 Å². The molecular weight excluding hydrogens is 453 g/mol. The van der Waals surface area contributed by atoms with Gasteiger partial charge in [-0.05, 0) is 57.2 Å². The van der Waals surface area contributed by atoms with Gasteiger partial charge in [0.2, 0.25) is 0 Å². The number of anilines is 1. The summed E-state index contributed by atoms with van der Waals surface area (Å²) >= 11 is 0. The third-order valence-corrected chi connectivity index (χ3v) is 7.01. The molecule has 4 aromatic rings. The van der Waals surface area contributed by atoms with Crippen LogP contribution in [0.25, 0.3) is 16.6 Å². The number of pyridine rings is 1. The predicted octanol–water partition coefficient (Wildman–Crippen LogP) is 5.43. The standard InChI is InChI=1S/C23H21F3N4O2S/c1-22(2,3)30(33(31,32)16-9-5-4-6-10-16)21-15-20(23(24,25)26)28-29(21)19-13-7-12-18-17(19)11-8-14-27-18/h4-15H,1-3H3. The van der Waals surface area contributed by atoms with Crippen LogP contribution in [0.3, 0.4) is 0 Å². The highest BCUT2D eigenvalue weighted by atomic mass is 32.2. The molecule has 0 bridgehead atoms.